The van der Waals surface area contributed by atoms with Gasteiger partial charge in [-0.05, 0) is 42.8 Å². The number of halogens is 1. The summed E-state index contributed by atoms with van der Waals surface area (Å²) in [7, 11) is 0. The third-order valence-corrected chi connectivity index (χ3v) is 5.91. The van der Waals surface area contributed by atoms with Crippen molar-refractivity contribution >= 4 is 36.0 Å². The Morgan fingerprint density at radius 1 is 1.14 bits per heavy atom. The van der Waals surface area contributed by atoms with Gasteiger partial charge in [-0.2, -0.15) is 11.8 Å². The Hall–Kier alpha value is -1.24. The van der Waals surface area contributed by atoms with E-state index in [4.69, 9.17) is 5.73 Å². The summed E-state index contributed by atoms with van der Waals surface area (Å²) in [6, 6.07) is 9.09. The monoisotopic (exact) mass is 427 g/mol. The topological polar surface area (TPSA) is 84.2 Å². The smallest absolute Gasteiger partial charge is 0.242 e. The number of amides is 2. The molecule has 2 rings (SSSR count). The third kappa shape index (κ3) is 8.41. The van der Waals surface area contributed by atoms with Gasteiger partial charge in [0.2, 0.25) is 11.8 Å². The van der Waals surface area contributed by atoms with Crippen molar-refractivity contribution in [3.05, 3.63) is 35.9 Å². The van der Waals surface area contributed by atoms with Crippen LogP contribution in [0.5, 0.6) is 0 Å². The van der Waals surface area contributed by atoms with Crippen LogP contribution < -0.4 is 16.4 Å². The lowest BCUT2D eigenvalue weighted by Gasteiger charge is -2.31. The molecule has 1 aromatic carbocycles. The lowest BCUT2D eigenvalue weighted by atomic mass is 9.84. The zero-order chi connectivity index (χ0) is 19.5. The Morgan fingerprint density at radius 3 is 2.43 bits per heavy atom. The van der Waals surface area contributed by atoms with Gasteiger partial charge in [0, 0.05) is 12.6 Å². The molecule has 28 heavy (non-hydrogen) atoms. The van der Waals surface area contributed by atoms with Crippen LogP contribution in [0.3, 0.4) is 0 Å². The Morgan fingerprint density at radius 2 is 1.82 bits per heavy atom. The van der Waals surface area contributed by atoms with Crippen LogP contribution in [0.25, 0.3) is 0 Å². The maximum Gasteiger partial charge on any atom is 0.242 e. The van der Waals surface area contributed by atoms with E-state index in [1.54, 1.807) is 11.8 Å². The summed E-state index contributed by atoms with van der Waals surface area (Å²) in [6.45, 7) is 0.448. The SMILES string of the molecule is CSCCC(NC(=O)Cc1ccccc1)C(=O)NC(CN)C1CCCCC1.Cl. The fourth-order valence-electron chi connectivity index (χ4n) is 3.72. The largest absolute Gasteiger partial charge is 0.350 e. The maximum atomic E-state index is 12.9. The summed E-state index contributed by atoms with van der Waals surface area (Å²) in [5.74, 6) is 1.05. The van der Waals surface area contributed by atoms with Crippen LogP contribution >= 0.6 is 24.2 Å². The normalized spacial score (nSPS) is 16.5. The molecule has 0 aliphatic heterocycles. The summed E-state index contributed by atoms with van der Waals surface area (Å²) in [4.78, 5) is 25.3. The van der Waals surface area contributed by atoms with Crippen LogP contribution in [0.1, 0.15) is 44.1 Å². The molecule has 2 amide bonds. The average Bonchev–Trinajstić information content (AvgIpc) is 2.70. The number of carbonyl (C=O) groups excluding carboxylic acids is 2. The van der Waals surface area contributed by atoms with E-state index in [-0.39, 0.29) is 36.7 Å². The fraction of sp³-hybridized carbons (Fsp3) is 0.619. The number of benzene rings is 1. The first-order chi connectivity index (χ1) is 13.1. The summed E-state index contributed by atoms with van der Waals surface area (Å²) in [6.07, 6.45) is 8.85. The van der Waals surface area contributed by atoms with Crippen molar-refractivity contribution in [2.45, 2.75) is 57.0 Å². The molecular formula is C21H34ClN3O2S. The molecular weight excluding hydrogens is 394 g/mol. The molecule has 0 bridgehead atoms. The summed E-state index contributed by atoms with van der Waals surface area (Å²) in [5.41, 5.74) is 6.89. The summed E-state index contributed by atoms with van der Waals surface area (Å²) in [5, 5.41) is 6.05. The van der Waals surface area contributed by atoms with Gasteiger partial charge < -0.3 is 16.4 Å². The Balaban J connectivity index is 0.00000392. The predicted octanol–water partition coefficient (Wildman–Crippen LogP) is 2.91. The van der Waals surface area contributed by atoms with Crippen LogP contribution in [0.2, 0.25) is 0 Å². The van der Waals surface area contributed by atoms with E-state index in [9.17, 15) is 9.59 Å². The average molecular weight is 428 g/mol. The van der Waals surface area contributed by atoms with Crippen LogP contribution in [0.15, 0.2) is 30.3 Å². The first kappa shape index (κ1) is 24.8. The van der Waals surface area contributed by atoms with E-state index in [0.717, 1.165) is 24.2 Å². The Bertz CT molecular complexity index is 582. The van der Waals surface area contributed by atoms with Gasteiger partial charge in [-0.15, -0.1) is 12.4 Å². The molecule has 4 N–H and O–H groups in total. The molecule has 0 radical (unpaired) electrons. The predicted molar refractivity (Wildman–Crippen MR) is 120 cm³/mol. The van der Waals surface area contributed by atoms with Crippen molar-refractivity contribution in [3.8, 4) is 0 Å². The number of rotatable bonds is 10. The van der Waals surface area contributed by atoms with Gasteiger partial charge in [0.15, 0.2) is 0 Å². The van der Waals surface area contributed by atoms with Crippen molar-refractivity contribution in [1.29, 1.82) is 0 Å². The van der Waals surface area contributed by atoms with Crippen LogP contribution in [0.4, 0.5) is 0 Å². The van der Waals surface area contributed by atoms with Crippen LogP contribution in [-0.4, -0.2) is 42.5 Å². The van der Waals surface area contributed by atoms with Gasteiger partial charge in [0.25, 0.3) is 0 Å². The molecule has 0 saturated heterocycles. The van der Waals surface area contributed by atoms with E-state index in [2.05, 4.69) is 10.6 Å². The first-order valence-corrected chi connectivity index (χ1v) is 11.4. The molecule has 2 unspecified atom stereocenters. The van der Waals surface area contributed by atoms with Gasteiger partial charge in [-0.1, -0.05) is 49.6 Å². The molecule has 1 aromatic rings. The van der Waals surface area contributed by atoms with Gasteiger partial charge in [0.05, 0.1) is 6.42 Å². The first-order valence-electron chi connectivity index (χ1n) is 9.96. The van der Waals surface area contributed by atoms with Crippen LogP contribution in [-0.2, 0) is 16.0 Å². The van der Waals surface area contributed by atoms with Crippen molar-refractivity contribution in [2.24, 2.45) is 11.7 Å². The quantitative estimate of drug-likeness (QED) is 0.536. The van der Waals surface area contributed by atoms with E-state index < -0.39 is 6.04 Å². The standard InChI is InChI=1S/C21H33N3O2S.ClH/c1-27-13-12-18(23-20(25)14-16-8-4-2-5-9-16)21(26)24-19(15-22)17-10-6-3-7-11-17;/h2,4-5,8-9,17-19H,3,6-7,10-15,22H2,1H3,(H,23,25)(H,24,26);1H. The van der Waals surface area contributed by atoms with E-state index >= 15 is 0 Å². The zero-order valence-electron chi connectivity index (χ0n) is 16.7. The highest BCUT2D eigenvalue weighted by Gasteiger charge is 2.27. The van der Waals surface area contributed by atoms with E-state index in [0.29, 0.717) is 18.9 Å². The fourth-order valence-corrected chi connectivity index (χ4v) is 4.19. The highest BCUT2D eigenvalue weighted by molar-refractivity contribution is 7.98. The van der Waals surface area contributed by atoms with E-state index in [1.807, 2.05) is 36.6 Å². The van der Waals surface area contributed by atoms with Gasteiger partial charge in [0.1, 0.15) is 6.04 Å². The molecule has 1 fully saturated rings. The number of nitrogens with two attached hydrogens (primary N) is 1. The number of thioether (sulfide) groups is 1. The zero-order valence-corrected chi connectivity index (χ0v) is 18.3. The number of carbonyl (C=O) groups is 2. The summed E-state index contributed by atoms with van der Waals surface area (Å²) < 4.78 is 0. The highest BCUT2D eigenvalue weighted by atomic mass is 35.5. The minimum absolute atomic E-state index is 0. The third-order valence-electron chi connectivity index (χ3n) is 5.27. The Labute approximate surface area is 179 Å². The molecule has 7 heteroatoms. The molecule has 0 heterocycles. The minimum atomic E-state index is -0.508. The maximum absolute atomic E-state index is 12.9. The second-order valence-corrected chi connectivity index (χ2v) is 8.30. The molecule has 1 aliphatic carbocycles. The lowest BCUT2D eigenvalue weighted by molar-refractivity contribution is -0.129. The van der Waals surface area contributed by atoms with Crippen molar-refractivity contribution in [3.63, 3.8) is 0 Å². The molecule has 0 spiro atoms. The molecule has 1 aliphatic rings. The molecule has 5 nitrogen and oxygen atoms in total. The van der Waals surface area contributed by atoms with Gasteiger partial charge in [-0.25, -0.2) is 0 Å². The highest BCUT2D eigenvalue weighted by Crippen LogP contribution is 2.26. The Kier molecular flexibility index (Phi) is 12.3. The molecule has 158 valence electrons. The summed E-state index contributed by atoms with van der Waals surface area (Å²) >= 11 is 1.68. The van der Waals surface area contributed by atoms with Gasteiger partial charge >= 0.3 is 0 Å². The second kappa shape index (κ2) is 13.9. The van der Waals surface area contributed by atoms with Crippen molar-refractivity contribution in [1.82, 2.24) is 10.6 Å². The minimum Gasteiger partial charge on any atom is -0.350 e. The van der Waals surface area contributed by atoms with Gasteiger partial charge in [-0.3, -0.25) is 9.59 Å². The number of hydrogen-bond donors (Lipinski definition) is 3. The second-order valence-electron chi connectivity index (χ2n) is 7.31. The van der Waals surface area contributed by atoms with Crippen LogP contribution in [0, 0.1) is 5.92 Å². The lowest BCUT2D eigenvalue weighted by Crippen LogP contribution is -2.54. The number of hydrogen-bond acceptors (Lipinski definition) is 4. The van der Waals surface area contributed by atoms with Crippen molar-refractivity contribution in [2.75, 3.05) is 18.6 Å². The molecule has 0 aromatic heterocycles. The molecule has 2 atom stereocenters. The van der Waals surface area contributed by atoms with Crippen molar-refractivity contribution < 1.29 is 9.59 Å². The van der Waals surface area contributed by atoms with E-state index in [1.165, 1.54) is 19.3 Å². The number of nitrogens with one attached hydrogen (secondary N) is 2. The molecule has 1 saturated carbocycles.